The first-order chi connectivity index (χ1) is 9.70. The van der Waals surface area contributed by atoms with Gasteiger partial charge in [0.2, 0.25) is 5.89 Å². The molecule has 0 unspecified atom stereocenters. The first-order valence-corrected chi connectivity index (χ1v) is 7.65. The molecular formula is C14H16FN3OS. The molecule has 1 aromatic carbocycles. The minimum Gasteiger partial charge on any atom is -0.339 e. The van der Waals surface area contributed by atoms with Gasteiger partial charge < -0.3 is 10.3 Å². The van der Waals surface area contributed by atoms with Crippen LogP contribution >= 0.6 is 11.8 Å². The summed E-state index contributed by atoms with van der Waals surface area (Å²) in [5, 5.41) is 3.98. The van der Waals surface area contributed by atoms with Gasteiger partial charge in [0.1, 0.15) is 5.82 Å². The number of rotatable bonds is 4. The number of halogens is 1. The molecule has 0 spiro atoms. The quantitative estimate of drug-likeness (QED) is 0.877. The Morgan fingerprint density at radius 3 is 3.05 bits per heavy atom. The molecule has 2 atom stereocenters. The minimum absolute atomic E-state index is 0.233. The van der Waals surface area contributed by atoms with E-state index in [1.54, 1.807) is 6.07 Å². The number of hydrogen-bond acceptors (Lipinski definition) is 5. The second kappa shape index (κ2) is 5.93. The average Bonchev–Trinajstić information content (AvgIpc) is 3.05. The molecule has 2 aromatic rings. The van der Waals surface area contributed by atoms with Crippen molar-refractivity contribution in [2.75, 3.05) is 0 Å². The number of hydrogen-bond donors (Lipinski definition) is 1. The monoisotopic (exact) mass is 293 g/mol. The van der Waals surface area contributed by atoms with Gasteiger partial charge in [-0.15, -0.1) is 11.8 Å². The molecule has 4 nitrogen and oxygen atoms in total. The summed E-state index contributed by atoms with van der Waals surface area (Å²) in [6.45, 7) is 0. The van der Waals surface area contributed by atoms with E-state index in [4.69, 9.17) is 10.3 Å². The van der Waals surface area contributed by atoms with Gasteiger partial charge in [0.15, 0.2) is 5.82 Å². The number of nitrogens with zero attached hydrogens (tertiary/aromatic N) is 2. The smallest absolute Gasteiger partial charge is 0.229 e. The largest absolute Gasteiger partial charge is 0.339 e. The van der Waals surface area contributed by atoms with Crippen LogP contribution in [0.5, 0.6) is 0 Å². The third kappa shape index (κ3) is 3.19. The van der Waals surface area contributed by atoms with Crippen LogP contribution < -0.4 is 5.73 Å². The van der Waals surface area contributed by atoms with Gasteiger partial charge in [-0.1, -0.05) is 11.2 Å². The molecule has 1 aliphatic rings. The highest BCUT2D eigenvalue weighted by Crippen LogP contribution is 2.33. The van der Waals surface area contributed by atoms with Crippen LogP contribution in [0, 0.1) is 5.82 Å². The highest BCUT2D eigenvalue weighted by molar-refractivity contribution is 7.98. The van der Waals surface area contributed by atoms with E-state index in [1.807, 2.05) is 6.07 Å². The van der Waals surface area contributed by atoms with Crippen LogP contribution in [0.3, 0.4) is 0 Å². The van der Waals surface area contributed by atoms with E-state index in [9.17, 15) is 4.39 Å². The van der Waals surface area contributed by atoms with E-state index in [1.165, 1.54) is 23.9 Å². The molecular weight excluding hydrogens is 277 g/mol. The molecule has 0 amide bonds. The van der Waals surface area contributed by atoms with E-state index in [-0.39, 0.29) is 11.9 Å². The maximum atomic E-state index is 13.1. The van der Waals surface area contributed by atoms with E-state index in [2.05, 4.69) is 10.1 Å². The molecule has 0 aliphatic heterocycles. The molecule has 1 aromatic heterocycles. The summed E-state index contributed by atoms with van der Waals surface area (Å²) in [4.78, 5) is 5.28. The van der Waals surface area contributed by atoms with Gasteiger partial charge in [0, 0.05) is 16.9 Å². The van der Waals surface area contributed by atoms with Crippen LogP contribution in [0.25, 0.3) is 0 Å². The van der Waals surface area contributed by atoms with Crippen LogP contribution in [-0.4, -0.2) is 16.2 Å². The minimum atomic E-state index is -0.233. The number of thioether (sulfide) groups is 1. The van der Waals surface area contributed by atoms with Gasteiger partial charge in [-0.2, -0.15) is 4.98 Å². The van der Waals surface area contributed by atoms with Gasteiger partial charge in [-0.05, 0) is 37.5 Å². The topological polar surface area (TPSA) is 64.9 Å². The van der Waals surface area contributed by atoms with Crippen LogP contribution in [0.4, 0.5) is 4.39 Å². The normalized spacial score (nSPS) is 22.3. The fraction of sp³-hybridized carbons (Fsp3) is 0.429. The molecule has 3 rings (SSSR count). The molecule has 0 bridgehead atoms. The van der Waals surface area contributed by atoms with Crippen molar-refractivity contribution in [3.8, 4) is 0 Å². The van der Waals surface area contributed by atoms with Crippen LogP contribution in [0.15, 0.2) is 33.7 Å². The molecule has 1 heterocycles. The molecule has 1 fully saturated rings. The third-order valence-corrected chi connectivity index (χ3v) is 4.46. The summed E-state index contributed by atoms with van der Waals surface area (Å²) in [6.07, 6.45) is 2.94. The lowest BCUT2D eigenvalue weighted by molar-refractivity contribution is 0.350. The third-order valence-electron chi connectivity index (χ3n) is 3.47. The Labute approximate surface area is 120 Å². The second-order valence-electron chi connectivity index (χ2n) is 5.06. The average molecular weight is 293 g/mol. The van der Waals surface area contributed by atoms with E-state index >= 15 is 0 Å². The number of nitrogens with two attached hydrogens (primary N) is 1. The molecule has 1 aliphatic carbocycles. The Balaban J connectivity index is 1.60. The Bertz CT molecular complexity index is 589. The molecule has 20 heavy (non-hydrogen) atoms. The van der Waals surface area contributed by atoms with E-state index < -0.39 is 0 Å². The molecule has 1 saturated carbocycles. The van der Waals surface area contributed by atoms with Crippen molar-refractivity contribution in [1.82, 2.24) is 10.1 Å². The first-order valence-electron chi connectivity index (χ1n) is 6.67. The maximum absolute atomic E-state index is 13.1. The molecule has 106 valence electrons. The van der Waals surface area contributed by atoms with Crippen molar-refractivity contribution in [2.24, 2.45) is 5.73 Å². The van der Waals surface area contributed by atoms with E-state index in [0.29, 0.717) is 23.4 Å². The highest BCUT2D eigenvalue weighted by Gasteiger charge is 2.27. The SMILES string of the molecule is N[C@H]1CC[C@@H](c2nc(CSc3cccc(F)c3)no2)C1. The first kappa shape index (κ1) is 13.6. The zero-order chi connectivity index (χ0) is 13.9. The van der Waals surface area contributed by atoms with Gasteiger partial charge in [-0.3, -0.25) is 0 Å². The van der Waals surface area contributed by atoms with E-state index in [0.717, 1.165) is 24.2 Å². The molecule has 0 radical (unpaired) electrons. The van der Waals surface area contributed by atoms with Crippen LogP contribution in [-0.2, 0) is 5.75 Å². The highest BCUT2D eigenvalue weighted by atomic mass is 32.2. The number of aromatic nitrogens is 2. The zero-order valence-corrected chi connectivity index (χ0v) is 11.8. The summed E-state index contributed by atoms with van der Waals surface area (Å²) >= 11 is 1.49. The van der Waals surface area contributed by atoms with Gasteiger partial charge >= 0.3 is 0 Å². The Hall–Kier alpha value is -1.40. The standard InChI is InChI=1S/C14H16FN3OS/c15-10-2-1-3-12(7-10)20-8-13-17-14(19-18-13)9-4-5-11(16)6-9/h1-3,7,9,11H,4-6,8,16H2/t9-,11+/m1/s1. The summed E-state index contributed by atoms with van der Waals surface area (Å²) in [5.41, 5.74) is 5.89. The van der Waals surface area contributed by atoms with Crippen molar-refractivity contribution in [1.29, 1.82) is 0 Å². The fourth-order valence-corrected chi connectivity index (χ4v) is 3.22. The van der Waals surface area contributed by atoms with Crippen molar-refractivity contribution in [2.45, 2.75) is 41.9 Å². The fourth-order valence-electron chi connectivity index (χ4n) is 2.44. The van der Waals surface area contributed by atoms with Crippen molar-refractivity contribution < 1.29 is 8.91 Å². The van der Waals surface area contributed by atoms with Gasteiger partial charge in [0.05, 0.1) is 5.75 Å². The summed E-state index contributed by atoms with van der Waals surface area (Å²) in [5.74, 6) is 1.97. The zero-order valence-electron chi connectivity index (χ0n) is 11.0. The Kier molecular flexibility index (Phi) is 4.03. The molecule has 2 N–H and O–H groups in total. The predicted molar refractivity (Wildman–Crippen MR) is 74.8 cm³/mol. The molecule has 0 saturated heterocycles. The lowest BCUT2D eigenvalue weighted by Crippen LogP contribution is -2.14. The molecule has 6 heteroatoms. The van der Waals surface area contributed by atoms with Crippen LogP contribution in [0.1, 0.15) is 36.9 Å². The maximum Gasteiger partial charge on any atom is 0.229 e. The predicted octanol–water partition coefficient (Wildman–Crippen LogP) is 3.10. The summed E-state index contributed by atoms with van der Waals surface area (Å²) in [6, 6.07) is 6.74. The second-order valence-corrected chi connectivity index (χ2v) is 6.11. The summed E-state index contributed by atoms with van der Waals surface area (Å²) in [7, 11) is 0. The van der Waals surface area contributed by atoms with Crippen molar-refractivity contribution in [3.05, 3.63) is 41.8 Å². The van der Waals surface area contributed by atoms with Crippen LogP contribution in [0.2, 0.25) is 0 Å². The Morgan fingerprint density at radius 2 is 2.30 bits per heavy atom. The van der Waals surface area contributed by atoms with Gasteiger partial charge in [-0.25, -0.2) is 4.39 Å². The summed E-state index contributed by atoms with van der Waals surface area (Å²) < 4.78 is 18.4. The van der Waals surface area contributed by atoms with Crippen molar-refractivity contribution >= 4 is 11.8 Å². The van der Waals surface area contributed by atoms with Crippen molar-refractivity contribution in [3.63, 3.8) is 0 Å². The number of benzene rings is 1. The van der Waals surface area contributed by atoms with Gasteiger partial charge in [0.25, 0.3) is 0 Å². The lowest BCUT2D eigenvalue weighted by atomic mass is 10.1. The Morgan fingerprint density at radius 1 is 1.40 bits per heavy atom. The lowest BCUT2D eigenvalue weighted by Gasteiger charge is -2.01.